The van der Waals surface area contributed by atoms with Gasteiger partial charge in [-0.3, -0.25) is 4.79 Å². The number of benzene rings is 1. The van der Waals surface area contributed by atoms with Gasteiger partial charge in [0.2, 0.25) is 0 Å². The number of rotatable bonds is 6. The molecule has 0 unspecified atom stereocenters. The zero-order chi connectivity index (χ0) is 14.4. The summed E-state index contributed by atoms with van der Waals surface area (Å²) < 4.78 is 10.9. The summed E-state index contributed by atoms with van der Waals surface area (Å²) in [5, 5.41) is 2.84. The number of hydrogen-bond acceptors (Lipinski definition) is 3. The van der Waals surface area contributed by atoms with Crippen LogP contribution in [0.1, 0.15) is 38.2 Å². The molecule has 20 heavy (non-hydrogen) atoms. The van der Waals surface area contributed by atoms with Gasteiger partial charge in [0, 0.05) is 13.2 Å². The van der Waals surface area contributed by atoms with Gasteiger partial charge in [0.15, 0.2) is 6.61 Å². The monoisotopic (exact) mass is 277 g/mol. The molecule has 0 aromatic heterocycles. The second-order valence-electron chi connectivity index (χ2n) is 5.45. The van der Waals surface area contributed by atoms with Crippen LogP contribution >= 0.6 is 0 Å². The smallest absolute Gasteiger partial charge is 0.258 e. The fourth-order valence-corrected chi connectivity index (χ4v) is 2.18. The van der Waals surface area contributed by atoms with Gasteiger partial charge < -0.3 is 14.8 Å². The van der Waals surface area contributed by atoms with E-state index in [4.69, 9.17) is 9.47 Å². The molecule has 0 spiro atoms. The summed E-state index contributed by atoms with van der Waals surface area (Å²) in [5.74, 6) is 1.12. The van der Waals surface area contributed by atoms with Crippen LogP contribution in [0.25, 0.3) is 0 Å². The van der Waals surface area contributed by atoms with E-state index < -0.39 is 0 Å². The van der Waals surface area contributed by atoms with Crippen molar-refractivity contribution in [2.75, 3.05) is 19.8 Å². The number of nitrogens with one attached hydrogen (secondary N) is 1. The van der Waals surface area contributed by atoms with E-state index in [1.54, 1.807) is 0 Å². The molecule has 1 saturated heterocycles. The molecule has 4 heteroatoms. The molecule has 2 rings (SSSR count). The fourth-order valence-electron chi connectivity index (χ4n) is 2.18. The topological polar surface area (TPSA) is 47.6 Å². The molecule has 1 N–H and O–H groups in total. The van der Waals surface area contributed by atoms with Gasteiger partial charge in [-0.05, 0) is 36.5 Å². The van der Waals surface area contributed by atoms with Crippen molar-refractivity contribution in [3.63, 3.8) is 0 Å². The van der Waals surface area contributed by atoms with Crippen LogP contribution in [0.2, 0.25) is 0 Å². The minimum absolute atomic E-state index is 0.0494. The summed E-state index contributed by atoms with van der Waals surface area (Å²) in [4.78, 5) is 11.7. The Hall–Kier alpha value is -1.55. The zero-order valence-electron chi connectivity index (χ0n) is 12.2. The molecule has 1 heterocycles. The fraction of sp³-hybridized carbons (Fsp3) is 0.562. The highest BCUT2D eigenvalue weighted by Crippen LogP contribution is 2.18. The van der Waals surface area contributed by atoms with Crippen molar-refractivity contribution >= 4 is 5.91 Å². The van der Waals surface area contributed by atoms with Crippen LogP contribution in [0.3, 0.4) is 0 Å². The molecule has 1 aromatic rings. The number of ether oxygens (including phenoxy) is 2. The van der Waals surface area contributed by atoms with Crippen LogP contribution in [-0.4, -0.2) is 31.8 Å². The molecule has 0 bridgehead atoms. The van der Waals surface area contributed by atoms with Gasteiger partial charge in [-0.25, -0.2) is 0 Å². The second kappa shape index (κ2) is 7.29. The summed E-state index contributed by atoms with van der Waals surface area (Å²) in [7, 11) is 0. The second-order valence-corrected chi connectivity index (χ2v) is 5.45. The minimum atomic E-state index is -0.103. The molecule has 4 nitrogen and oxygen atoms in total. The number of carbonyl (C=O) groups is 1. The standard InChI is InChI=1S/C16H23NO3/c1-12(2)13-5-7-14(8-6-13)20-11-16(18)17-10-15-4-3-9-19-15/h5-8,12,15H,3-4,9-11H2,1-2H3,(H,17,18)/t15-/m1/s1. The first kappa shape index (κ1) is 14.9. The molecular weight excluding hydrogens is 254 g/mol. The Labute approximate surface area is 120 Å². The highest BCUT2D eigenvalue weighted by Gasteiger charge is 2.16. The largest absolute Gasteiger partial charge is 0.484 e. The third-order valence-electron chi connectivity index (χ3n) is 3.47. The average Bonchev–Trinajstić information content (AvgIpc) is 2.96. The Morgan fingerprint density at radius 2 is 2.15 bits per heavy atom. The average molecular weight is 277 g/mol. The SMILES string of the molecule is CC(C)c1ccc(OCC(=O)NC[C@H]2CCCO2)cc1. The summed E-state index contributed by atoms with van der Waals surface area (Å²) in [6, 6.07) is 7.87. The normalized spacial score (nSPS) is 18.2. The molecule has 0 radical (unpaired) electrons. The van der Waals surface area contributed by atoms with Crippen LogP contribution in [0.15, 0.2) is 24.3 Å². The number of amides is 1. The molecule has 1 aliphatic heterocycles. The maximum atomic E-state index is 11.7. The van der Waals surface area contributed by atoms with Gasteiger partial charge in [-0.15, -0.1) is 0 Å². The van der Waals surface area contributed by atoms with Gasteiger partial charge in [-0.2, -0.15) is 0 Å². The number of carbonyl (C=O) groups excluding carboxylic acids is 1. The first-order valence-corrected chi connectivity index (χ1v) is 7.26. The number of hydrogen-bond donors (Lipinski definition) is 1. The lowest BCUT2D eigenvalue weighted by Gasteiger charge is -2.12. The molecule has 1 atom stereocenters. The van der Waals surface area contributed by atoms with Gasteiger partial charge in [0.25, 0.3) is 5.91 Å². The zero-order valence-corrected chi connectivity index (χ0v) is 12.2. The summed E-state index contributed by atoms with van der Waals surface area (Å²) >= 11 is 0. The van der Waals surface area contributed by atoms with Crippen molar-refractivity contribution in [2.24, 2.45) is 0 Å². The van der Waals surface area contributed by atoms with Crippen molar-refractivity contribution in [1.82, 2.24) is 5.32 Å². The Morgan fingerprint density at radius 1 is 1.40 bits per heavy atom. The van der Waals surface area contributed by atoms with E-state index in [1.807, 2.05) is 24.3 Å². The van der Waals surface area contributed by atoms with Gasteiger partial charge in [0.1, 0.15) is 5.75 Å². The maximum absolute atomic E-state index is 11.7. The Kier molecular flexibility index (Phi) is 5.41. The third-order valence-corrected chi connectivity index (χ3v) is 3.47. The molecule has 1 aromatic carbocycles. The van der Waals surface area contributed by atoms with Gasteiger partial charge in [-0.1, -0.05) is 26.0 Å². The lowest BCUT2D eigenvalue weighted by atomic mass is 10.0. The van der Waals surface area contributed by atoms with E-state index >= 15 is 0 Å². The van der Waals surface area contributed by atoms with Crippen molar-refractivity contribution in [1.29, 1.82) is 0 Å². The van der Waals surface area contributed by atoms with Crippen LogP contribution in [-0.2, 0) is 9.53 Å². The predicted molar refractivity (Wildman–Crippen MR) is 78.0 cm³/mol. The molecule has 1 aliphatic rings. The summed E-state index contributed by atoms with van der Waals surface area (Å²) in [5.41, 5.74) is 1.26. The van der Waals surface area contributed by atoms with Crippen molar-refractivity contribution < 1.29 is 14.3 Å². The van der Waals surface area contributed by atoms with E-state index in [0.717, 1.165) is 25.2 Å². The Balaban J connectivity index is 1.69. The first-order valence-electron chi connectivity index (χ1n) is 7.26. The molecule has 1 fully saturated rings. The molecule has 1 amide bonds. The molecular formula is C16H23NO3. The van der Waals surface area contributed by atoms with Crippen LogP contribution in [0, 0.1) is 0 Å². The Morgan fingerprint density at radius 3 is 2.75 bits per heavy atom. The van der Waals surface area contributed by atoms with Crippen LogP contribution in [0.5, 0.6) is 5.75 Å². The molecule has 110 valence electrons. The third kappa shape index (κ3) is 4.53. The van der Waals surface area contributed by atoms with Crippen molar-refractivity contribution in [3.05, 3.63) is 29.8 Å². The summed E-state index contributed by atoms with van der Waals surface area (Å²) in [6.45, 7) is 5.73. The van der Waals surface area contributed by atoms with Crippen molar-refractivity contribution in [2.45, 2.75) is 38.7 Å². The van der Waals surface area contributed by atoms with E-state index in [9.17, 15) is 4.79 Å². The van der Waals surface area contributed by atoms with Crippen LogP contribution < -0.4 is 10.1 Å². The van der Waals surface area contributed by atoms with E-state index in [-0.39, 0.29) is 18.6 Å². The highest BCUT2D eigenvalue weighted by molar-refractivity contribution is 5.77. The highest BCUT2D eigenvalue weighted by atomic mass is 16.5. The van der Waals surface area contributed by atoms with Gasteiger partial charge >= 0.3 is 0 Å². The maximum Gasteiger partial charge on any atom is 0.258 e. The lowest BCUT2D eigenvalue weighted by molar-refractivity contribution is -0.123. The Bertz CT molecular complexity index is 422. The van der Waals surface area contributed by atoms with Gasteiger partial charge in [0.05, 0.1) is 6.10 Å². The summed E-state index contributed by atoms with van der Waals surface area (Å²) in [6.07, 6.45) is 2.28. The molecule has 0 aliphatic carbocycles. The van der Waals surface area contributed by atoms with E-state index in [1.165, 1.54) is 5.56 Å². The van der Waals surface area contributed by atoms with E-state index in [0.29, 0.717) is 12.5 Å². The lowest BCUT2D eigenvalue weighted by Crippen LogP contribution is -2.35. The molecule has 0 saturated carbocycles. The van der Waals surface area contributed by atoms with Crippen LogP contribution in [0.4, 0.5) is 0 Å². The van der Waals surface area contributed by atoms with E-state index in [2.05, 4.69) is 19.2 Å². The minimum Gasteiger partial charge on any atom is -0.484 e. The first-order chi connectivity index (χ1) is 9.65. The predicted octanol–water partition coefficient (Wildman–Crippen LogP) is 2.48. The van der Waals surface area contributed by atoms with Crippen molar-refractivity contribution in [3.8, 4) is 5.75 Å². The quantitative estimate of drug-likeness (QED) is 0.869.